The van der Waals surface area contributed by atoms with Gasteiger partial charge in [0, 0.05) is 0 Å². The normalized spacial score (nSPS) is 15.9. The van der Waals surface area contributed by atoms with Gasteiger partial charge in [-0.1, -0.05) is 47.5 Å². The number of carbonyl (C=O) groups excluding carboxylic acids is 2. The number of hydrogen-bond donors (Lipinski definition) is 0. The second-order valence-corrected chi connectivity index (χ2v) is 6.94. The topological polar surface area (TPSA) is 34.1 Å². The fourth-order valence-corrected chi connectivity index (χ4v) is 3.39. The maximum atomic E-state index is 12.7. The standard InChI is InChI=1S/C20H8Cl2F6O2/c21-15-13(9-1-5-11(6-2-9)19(23,24)25)17(29)16(22)14(18(15)30)10-3-7-12(8-4-10)20(26,27)28/h1-8H. The lowest BCUT2D eigenvalue weighted by molar-refractivity contribution is -0.138. The average molecular weight is 465 g/mol. The van der Waals surface area contributed by atoms with Gasteiger partial charge in [-0.15, -0.1) is 0 Å². The highest BCUT2D eigenvalue weighted by molar-refractivity contribution is 6.68. The van der Waals surface area contributed by atoms with Crippen LogP contribution in [0.2, 0.25) is 0 Å². The predicted octanol–water partition coefficient (Wildman–Crippen LogP) is 6.48. The van der Waals surface area contributed by atoms with Crippen molar-refractivity contribution < 1.29 is 35.9 Å². The second-order valence-electron chi connectivity index (χ2n) is 6.19. The van der Waals surface area contributed by atoms with E-state index in [9.17, 15) is 35.9 Å². The van der Waals surface area contributed by atoms with Gasteiger partial charge in [0.2, 0.25) is 11.6 Å². The van der Waals surface area contributed by atoms with E-state index in [1.807, 2.05) is 0 Å². The van der Waals surface area contributed by atoms with Gasteiger partial charge in [-0.3, -0.25) is 9.59 Å². The lowest BCUT2D eigenvalue weighted by atomic mass is 9.88. The quantitative estimate of drug-likeness (QED) is 0.376. The van der Waals surface area contributed by atoms with Crippen molar-refractivity contribution in [2.24, 2.45) is 0 Å². The zero-order valence-electron chi connectivity index (χ0n) is 14.5. The van der Waals surface area contributed by atoms with Crippen molar-refractivity contribution in [2.75, 3.05) is 0 Å². The molecule has 0 saturated heterocycles. The molecule has 0 heterocycles. The van der Waals surface area contributed by atoms with Crippen LogP contribution < -0.4 is 0 Å². The first-order chi connectivity index (χ1) is 13.8. The monoisotopic (exact) mass is 464 g/mol. The lowest BCUT2D eigenvalue weighted by Crippen LogP contribution is -2.19. The molecule has 0 bridgehead atoms. The SMILES string of the molecule is O=C1C(Cl)=C(c2ccc(C(F)(F)F)cc2)C(=O)C(Cl)=C1c1ccc(C(F)(F)F)cc1. The Bertz CT molecular complexity index is 1000. The molecule has 0 radical (unpaired) electrons. The number of halogens is 8. The molecule has 0 N–H and O–H groups in total. The summed E-state index contributed by atoms with van der Waals surface area (Å²) >= 11 is 12.0. The molecule has 0 aliphatic heterocycles. The van der Waals surface area contributed by atoms with Crippen molar-refractivity contribution in [1.82, 2.24) is 0 Å². The number of rotatable bonds is 2. The third kappa shape index (κ3) is 4.02. The van der Waals surface area contributed by atoms with Gasteiger partial charge >= 0.3 is 12.4 Å². The summed E-state index contributed by atoms with van der Waals surface area (Å²) in [6, 6.07) is 6.75. The second kappa shape index (κ2) is 7.59. The number of carbonyl (C=O) groups is 2. The Morgan fingerprint density at radius 2 is 0.800 bits per heavy atom. The maximum Gasteiger partial charge on any atom is 0.416 e. The van der Waals surface area contributed by atoms with E-state index in [1.165, 1.54) is 0 Å². The third-order valence-corrected chi connectivity index (χ3v) is 5.01. The minimum absolute atomic E-state index is 0.0593. The fraction of sp³-hybridized carbons (Fsp3) is 0.100. The molecule has 1 aliphatic rings. The molecule has 0 aromatic heterocycles. The molecule has 0 saturated carbocycles. The summed E-state index contributed by atoms with van der Waals surface area (Å²) < 4.78 is 76.3. The smallest absolute Gasteiger partial charge is 0.288 e. The molecule has 2 aromatic carbocycles. The Morgan fingerprint density at radius 1 is 0.533 bits per heavy atom. The Labute approximate surface area is 175 Å². The molecule has 156 valence electrons. The molecular weight excluding hydrogens is 457 g/mol. The zero-order chi connectivity index (χ0) is 22.4. The first-order valence-corrected chi connectivity index (χ1v) is 8.82. The van der Waals surface area contributed by atoms with E-state index in [-0.39, 0.29) is 11.1 Å². The number of ketones is 2. The van der Waals surface area contributed by atoms with E-state index >= 15 is 0 Å². The molecule has 2 nitrogen and oxygen atoms in total. The summed E-state index contributed by atoms with van der Waals surface area (Å²) in [5, 5.41) is -1.20. The van der Waals surface area contributed by atoms with Crippen molar-refractivity contribution in [2.45, 2.75) is 12.4 Å². The van der Waals surface area contributed by atoms with Gasteiger partial charge in [-0.05, 0) is 35.4 Å². The van der Waals surface area contributed by atoms with Crippen LogP contribution in [0.25, 0.3) is 11.1 Å². The summed E-state index contributed by atoms with van der Waals surface area (Å²) in [5.74, 6) is -1.87. The molecule has 30 heavy (non-hydrogen) atoms. The Morgan fingerprint density at radius 3 is 1.03 bits per heavy atom. The fourth-order valence-electron chi connectivity index (χ4n) is 2.81. The van der Waals surface area contributed by atoms with Crippen molar-refractivity contribution in [3.05, 3.63) is 80.8 Å². The third-order valence-electron chi connectivity index (χ3n) is 4.29. The molecule has 3 rings (SSSR count). The summed E-state index contributed by atoms with van der Waals surface area (Å²) in [4.78, 5) is 25.4. The first-order valence-electron chi connectivity index (χ1n) is 8.06. The zero-order valence-corrected chi connectivity index (χ0v) is 16.0. The van der Waals surface area contributed by atoms with Crippen molar-refractivity contribution in [3.8, 4) is 0 Å². The van der Waals surface area contributed by atoms with Gasteiger partial charge in [0.1, 0.15) is 10.1 Å². The van der Waals surface area contributed by atoms with E-state index in [0.29, 0.717) is 24.3 Å². The van der Waals surface area contributed by atoms with Crippen LogP contribution in [-0.4, -0.2) is 11.6 Å². The number of benzene rings is 2. The summed E-state index contributed by atoms with van der Waals surface area (Å²) in [7, 11) is 0. The number of hydrogen-bond acceptors (Lipinski definition) is 2. The molecule has 0 unspecified atom stereocenters. The minimum Gasteiger partial charge on any atom is -0.288 e. The van der Waals surface area contributed by atoms with Crippen LogP contribution in [-0.2, 0) is 21.9 Å². The highest BCUT2D eigenvalue weighted by atomic mass is 35.5. The van der Waals surface area contributed by atoms with Crippen molar-refractivity contribution in [3.63, 3.8) is 0 Å². The molecule has 0 amide bonds. The van der Waals surface area contributed by atoms with Gasteiger partial charge in [0.25, 0.3) is 0 Å². The number of Topliss-reactive ketones (excluding diaryl/α,β-unsaturated/α-hetero) is 2. The van der Waals surface area contributed by atoms with Gasteiger partial charge in [-0.25, -0.2) is 0 Å². The van der Waals surface area contributed by atoms with Crippen LogP contribution in [0, 0.1) is 0 Å². The summed E-state index contributed by atoms with van der Waals surface area (Å²) in [6.07, 6.45) is -9.20. The highest BCUT2D eigenvalue weighted by Crippen LogP contribution is 2.40. The van der Waals surface area contributed by atoms with Crippen molar-refractivity contribution >= 4 is 45.9 Å². The first kappa shape index (κ1) is 22.1. The van der Waals surface area contributed by atoms with E-state index < -0.39 is 56.3 Å². The Balaban J connectivity index is 2.02. The largest absolute Gasteiger partial charge is 0.416 e. The van der Waals surface area contributed by atoms with Gasteiger partial charge < -0.3 is 0 Å². The maximum absolute atomic E-state index is 12.7. The molecule has 2 aromatic rings. The summed E-state index contributed by atoms with van der Waals surface area (Å²) in [5.41, 5.74) is -2.84. The highest BCUT2D eigenvalue weighted by Gasteiger charge is 2.36. The van der Waals surface area contributed by atoms with Crippen molar-refractivity contribution in [1.29, 1.82) is 0 Å². The number of alkyl halides is 6. The van der Waals surface area contributed by atoms with Gasteiger partial charge in [0.05, 0.1) is 22.3 Å². The van der Waals surface area contributed by atoms with Crippen LogP contribution in [0.1, 0.15) is 22.3 Å². The van der Waals surface area contributed by atoms with Crippen LogP contribution in [0.4, 0.5) is 26.3 Å². The molecule has 10 heteroatoms. The van der Waals surface area contributed by atoms with Crippen LogP contribution >= 0.6 is 23.2 Å². The van der Waals surface area contributed by atoms with E-state index in [2.05, 4.69) is 0 Å². The average Bonchev–Trinajstić information content (AvgIpc) is 2.66. The van der Waals surface area contributed by atoms with E-state index in [0.717, 1.165) is 24.3 Å². The van der Waals surface area contributed by atoms with Crippen LogP contribution in [0.3, 0.4) is 0 Å². The van der Waals surface area contributed by atoms with Gasteiger partial charge in [0.15, 0.2) is 0 Å². The summed E-state index contributed by atoms with van der Waals surface area (Å²) in [6.45, 7) is 0. The molecule has 0 spiro atoms. The van der Waals surface area contributed by atoms with Crippen LogP contribution in [0.5, 0.6) is 0 Å². The van der Waals surface area contributed by atoms with Crippen LogP contribution in [0.15, 0.2) is 58.6 Å². The molecular formula is C20H8Cl2F6O2. The number of allylic oxidation sites excluding steroid dienone is 4. The van der Waals surface area contributed by atoms with Gasteiger partial charge in [-0.2, -0.15) is 26.3 Å². The Kier molecular flexibility index (Phi) is 5.60. The minimum atomic E-state index is -4.60. The lowest BCUT2D eigenvalue weighted by Gasteiger charge is -2.19. The Hall–Kier alpha value is -2.58. The molecule has 1 aliphatic carbocycles. The van der Waals surface area contributed by atoms with E-state index in [4.69, 9.17) is 23.2 Å². The molecule has 0 fully saturated rings. The molecule has 0 atom stereocenters. The predicted molar refractivity (Wildman–Crippen MR) is 98.4 cm³/mol. The van der Waals surface area contributed by atoms with E-state index in [1.54, 1.807) is 0 Å².